The number of anilines is 1. The average molecular weight is 750 g/mol. The standard InChI is InChI=1S/C42H51N7O6/c1-46-22-33(31-20-43-21-32(31)41(46)53)29-18-36(54-2)34(37(19-29)55-3)23-48-16-12-42(13-17-48)25-49(26-42)39(51)24-47-14-10-28(11-15-47)27-4-6-30(7-5-27)44-35-8-9-38(50)45-40(35)52/h4-7,18-20,22,28,35,44H,8-17,21,23-26H2,1-3H3,(H,45,50,52). The number of hydrogen-bond donors (Lipinski definition) is 2. The fraction of sp³-hybridized carbons (Fsp3) is 0.500. The third kappa shape index (κ3) is 7.51. The van der Waals surface area contributed by atoms with Gasteiger partial charge in [0.15, 0.2) is 0 Å². The molecule has 13 heteroatoms. The third-order valence-electron chi connectivity index (χ3n) is 12.5. The van der Waals surface area contributed by atoms with E-state index in [1.54, 1.807) is 32.0 Å². The van der Waals surface area contributed by atoms with E-state index in [2.05, 4.69) is 42.5 Å². The van der Waals surface area contributed by atoms with Crippen molar-refractivity contribution in [3.63, 3.8) is 0 Å². The Bertz CT molecular complexity index is 2030. The summed E-state index contributed by atoms with van der Waals surface area (Å²) in [6.45, 7) is 6.95. The zero-order chi connectivity index (χ0) is 38.3. The molecule has 1 unspecified atom stereocenters. The maximum absolute atomic E-state index is 13.4. The first kappa shape index (κ1) is 36.9. The van der Waals surface area contributed by atoms with Crippen LogP contribution in [0.4, 0.5) is 5.69 Å². The van der Waals surface area contributed by atoms with Crippen LogP contribution in [0, 0.1) is 5.41 Å². The fourth-order valence-corrected chi connectivity index (χ4v) is 9.13. The molecule has 0 bridgehead atoms. The lowest BCUT2D eigenvalue weighted by atomic mass is 9.72. The van der Waals surface area contributed by atoms with E-state index < -0.39 is 0 Å². The predicted molar refractivity (Wildman–Crippen MR) is 210 cm³/mol. The monoisotopic (exact) mass is 749 g/mol. The number of rotatable bonds is 10. The second-order valence-corrected chi connectivity index (χ2v) is 16.0. The Morgan fingerprint density at radius 2 is 1.64 bits per heavy atom. The number of hydrogen-bond acceptors (Lipinski definition) is 10. The number of fused-ring (bicyclic) bond motifs is 1. The van der Waals surface area contributed by atoms with Crippen molar-refractivity contribution in [2.45, 2.75) is 63.6 Å². The van der Waals surface area contributed by atoms with Gasteiger partial charge in [0.2, 0.25) is 17.7 Å². The molecule has 290 valence electrons. The van der Waals surface area contributed by atoms with Crippen LogP contribution in [0.5, 0.6) is 11.5 Å². The molecule has 1 aromatic heterocycles. The number of pyridine rings is 1. The molecule has 2 N–H and O–H groups in total. The highest BCUT2D eigenvalue weighted by Crippen LogP contribution is 2.43. The molecule has 3 amide bonds. The largest absolute Gasteiger partial charge is 0.496 e. The van der Waals surface area contributed by atoms with Gasteiger partial charge in [-0.15, -0.1) is 0 Å². The van der Waals surface area contributed by atoms with Crippen molar-refractivity contribution in [3.8, 4) is 22.6 Å². The number of benzene rings is 2. The van der Waals surface area contributed by atoms with E-state index >= 15 is 0 Å². The van der Waals surface area contributed by atoms with Gasteiger partial charge in [0, 0.05) is 73.3 Å². The molecule has 8 rings (SSSR count). The van der Waals surface area contributed by atoms with Gasteiger partial charge >= 0.3 is 0 Å². The molecular weight excluding hydrogens is 699 g/mol. The molecule has 2 aromatic carbocycles. The van der Waals surface area contributed by atoms with E-state index in [0.29, 0.717) is 44.0 Å². The Labute approximate surface area is 321 Å². The maximum Gasteiger partial charge on any atom is 0.256 e. The molecule has 0 aliphatic carbocycles. The predicted octanol–water partition coefficient (Wildman–Crippen LogP) is 3.52. The van der Waals surface area contributed by atoms with E-state index in [-0.39, 0.29) is 34.7 Å². The molecule has 5 aliphatic heterocycles. The van der Waals surface area contributed by atoms with Crippen molar-refractivity contribution in [2.75, 3.05) is 65.3 Å². The van der Waals surface area contributed by atoms with Crippen LogP contribution in [0.3, 0.4) is 0 Å². The molecular formula is C42H51N7O6. The SMILES string of the molecule is COc1cc(-c2cn(C)c(=O)c3c2C=NC3)cc(OC)c1CN1CCC2(CC1)CN(C(=O)CN1CCC(c3ccc(NC4CCC(=O)NC4=O)cc3)CC1)C2. The summed E-state index contributed by atoms with van der Waals surface area (Å²) in [6.07, 6.45) is 8.63. The summed E-state index contributed by atoms with van der Waals surface area (Å²) < 4.78 is 13.5. The maximum atomic E-state index is 13.4. The molecule has 1 atom stereocenters. The van der Waals surface area contributed by atoms with E-state index in [9.17, 15) is 19.2 Å². The highest BCUT2D eigenvalue weighted by atomic mass is 16.5. The number of piperidine rings is 3. The van der Waals surface area contributed by atoms with E-state index in [1.165, 1.54) is 5.56 Å². The smallest absolute Gasteiger partial charge is 0.256 e. The van der Waals surface area contributed by atoms with Crippen LogP contribution in [-0.4, -0.2) is 109 Å². The normalized spacial score (nSPS) is 21.3. The lowest BCUT2D eigenvalue weighted by Gasteiger charge is -2.54. The van der Waals surface area contributed by atoms with Crippen molar-refractivity contribution < 1.29 is 23.9 Å². The Hall–Kier alpha value is -5.01. The van der Waals surface area contributed by atoms with Gasteiger partial charge in [-0.05, 0) is 99.6 Å². The van der Waals surface area contributed by atoms with Crippen LogP contribution in [0.1, 0.15) is 66.7 Å². The molecule has 4 saturated heterocycles. The Morgan fingerprint density at radius 3 is 2.29 bits per heavy atom. The lowest BCUT2D eigenvalue weighted by molar-refractivity contribution is -0.148. The molecule has 3 aromatic rings. The summed E-state index contributed by atoms with van der Waals surface area (Å²) in [6, 6.07) is 12.0. The number of ether oxygens (including phenoxy) is 2. The van der Waals surface area contributed by atoms with Gasteiger partial charge in [-0.2, -0.15) is 0 Å². The zero-order valence-corrected chi connectivity index (χ0v) is 32.1. The number of carbonyl (C=O) groups is 3. The number of aromatic nitrogens is 1. The van der Waals surface area contributed by atoms with Crippen molar-refractivity contribution in [3.05, 3.63) is 75.2 Å². The minimum atomic E-state index is -0.388. The first-order chi connectivity index (χ1) is 26.6. The lowest BCUT2D eigenvalue weighted by Crippen LogP contribution is -2.63. The van der Waals surface area contributed by atoms with E-state index in [0.717, 1.165) is 104 Å². The Morgan fingerprint density at radius 1 is 0.945 bits per heavy atom. The molecule has 55 heavy (non-hydrogen) atoms. The van der Waals surface area contributed by atoms with Crippen molar-refractivity contribution >= 4 is 29.6 Å². The number of methoxy groups -OCH3 is 2. The van der Waals surface area contributed by atoms with Gasteiger partial charge in [0.1, 0.15) is 17.5 Å². The molecule has 0 radical (unpaired) electrons. The van der Waals surface area contributed by atoms with Gasteiger partial charge in [-0.3, -0.25) is 39.3 Å². The minimum Gasteiger partial charge on any atom is -0.496 e. The average Bonchev–Trinajstić information content (AvgIpc) is 3.68. The Balaban J connectivity index is 0.800. The highest BCUT2D eigenvalue weighted by Gasteiger charge is 2.47. The molecule has 13 nitrogen and oxygen atoms in total. The number of nitrogens with one attached hydrogen (secondary N) is 2. The van der Waals surface area contributed by atoms with Crippen molar-refractivity contribution in [1.82, 2.24) is 24.6 Å². The van der Waals surface area contributed by atoms with Crippen LogP contribution < -0.4 is 25.7 Å². The topological polar surface area (TPSA) is 138 Å². The summed E-state index contributed by atoms with van der Waals surface area (Å²) in [5, 5.41) is 5.65. The van der Waals surface area contributed by atoms with E-state index in [4.69, 9.17) is 9.47 Å². The molecule has 4 fully saturated rings. The second-order valence-electron chi connectivity index (χ2n) is 16.0. The molecule has 0 saturated carbocycles. The summed E-state index contributed by atoms with van der Waals surface area (Å²) in [4.78, 5) is 60.8. The summed E-state index contributed by atoms with van der Waals surface area (Å²) in [5.41, 5.74) is 6.77. The summed E-state index contributed by atoms with van der Waals surface area (Å²) in [7, 11) is 5.15. The van der Waals surface area contributed by atoms with Crippen LogP contribution in [0.15, 0.2) is 52.4 Å². The second kappa shape index (κ2) is 15.3. The van der Waals surface area contributed by atoms with Crippen molar-refractivity contribution in [1.29, 1.82) is 0 Å². The van der Waals surface area contributed by atoms with E-state index in [1.807, 2.05) is 30.5 Å². The van der Waals surface area contributed by atoms with Crippen LogP contribution >= 0.6 is 0 Å². The van der Waals surface area contributed by atoms with Crippen molar-refractivity contribution in [2.24, 2.45) is 17.5 Å². The summed E-state index contributed by atoms with van der Waals surface area (Å²) >= 11 is 0. The first-order valence-corrected chi connectivity index (χ1v) is 19.5. The highest BCUT2D eigenvalue weighted by molar-refractivity contribution is 6.01. The third-order valence-corrected chi connectivity index (χ3v) is 12.5. The molecule has 1 spiro atoms. The number of amides is 3. The van der Waals surface area contributed by atoms with Crippen LogP contribution in [0.25, 0.3) is 11.1 Å². The number of aliphatic imine (C=N–C) groups is 1. The first-order valence-electron chi connectivity index (χ1n) is 19.5. The van der Waals surface area contributed by atoms with Gasteiger partial charge in [0.25, 0.3) is 5.56 Å². The Kier molecular flexibility index (Phi) is 10.2. The number of carbonyl (C=O) groups excluding carboxylic acids is 3. The van der Waals surface area contributed by atoms with Gasteiger partial charge in [0.05, 0.1) is 32.9 Å². The van der Waals surface area contributed by atoms with Gasteiger partial charge in [-0.25, -0.2) is 0 Å². The summed E-state index contributed by atoms with van der Waals surface area (Å²) in [5.74, 6) is 1.72. The zero-order valence-electron chi connectivity index (χ0n) is 32.1. The molecule has 6 heterocycles. The minimum absolute atomic E-state index is 0.0193. The number of imide groups is 1. The number of likely N-dealkylation sites (tertiary alicyclic amines) is 3. The van der Waals surface area contributed by atoms with Gasteiger partial charge in [-0.1, -0.05) is 12.1 Å². The number of aryl methyl sites for hydroxylation is 1. The van der Waals surface area contributed by atoms with Crippen LogP contribution in [-0.2, 0) is 34.5 Å². The van der Waals surface area contributed by atoms with Crippen LogP contribution in [0.2, 0.25) is 0 Å². The number of nitrogens with zero attached hydrogens (tertiary/aromatic N) is 5. The fourth-order valence-electron chi connectivity index (χ4n) is 9.13. The van der Waals surface area contributed by atoms with Gasteiger partial charge < -0.3 is 24.3 Å². The molecule has 5 aliphatic rings. The quantitative estimate of drug-likeness (QED) is 0.299.